The number of unbranched alkanes of at least 4 members (excludes halogenated alkanes) is 11. The molecule has 0 aliphatic heterocycles. The van der Waals surface area contributed by atoms with Crippen molar-refractivity contribution in [1.29, 1.82) is 0 Å². The van der Waals surface area contributed by atoms with Crippen molar-refractivity contribution in [3.63, 3.8) is 0 Å². The summed E-state index contributed by atoms with van der Waals surface area (Å²) in [6, 6.07) is 0. The maximum atomic E-state index is 11.7. The minimum Gasteiger partial charge on any atom is -0.628 e. The number of primary amides is 1. The Hall–Kier alpha value is -0.450. The lowest BCUT2D eigenvalue weighted by atomic mass is 9.95. The van der Waals surface area contributed by atoms with Crippen molar-refractivity contribution >= 4 is 5.91 Å². The van der Waals surface area contributed by atoms with E-state index in [0.717, 1.165) is 32.2 Å². The van der Waals surface area contributed by atoms with Gasteiger partial charge in [-0.1, -0.05) is 84.0 Å². The molecule has 0 saturated heterocycles. The molecule has 150 valence electrons. The van der Waals surface area contributed by atoms with Crippen LogP contribution in [0.25, 0.3) is 0 Å². The van der Waals surface area contributed by atoms with Crippen LogP contribution in [0.5, 0.6) is 0 Å². The number of amides is 1. The van der Waals surface area contributed by atoms with Gasteiger partial charge in [0.05, 0.1) is 5.92 Å². The third-order valence-corrected chi connectivity index (χ3v) is 5.08. The quantitative estimate of drug-likeness (QED) is 0.288. The van der Waals surface area contributed by atoms with Gasteiger partial charge >= 0.3 is 5.91 Å². The van der Waals surface area contributed by atoms with Crippen LogP contribution in [-0.2, 0) is 4.79 Å². The van der Waals surface area contributed by atoms with Crippen LogP contribution in [0.1, 0.15) is 103 Å². The minimum absolute atomic E-state index is 0.0411. The first-order valence-electron chi connectivity index (χ1n) is 10.8. The predicted molar refractivity (Wildman–Crippen MR) is 107 cm³/mol. The van der Waals surface area contributed by atoms with E-state index < -0.39 is 0 Å². The summed E-state index contributed by atoms with van der Waals surface area (Å²) in [5, 5.41) is 10.8. The van der Waals surface area contributed by atoms with Gasteiger partial charge in [-0.2, -0.15) is 0 Å². The number of hydroxylamine groups is 1. The molecule has 0 aromatic heterocycles. The Kier molecular flexibility index (Phi) is 18.0. The van der Waals surface area contributed by atoms with E-state index in [1.807, 2.05) is 14.1 Å². The summed E-state index contributed by atoms with van der Waals surface area (Å²) < 4.78 is 0. The summed E-state index contributed by atoms with van der Waals surface area (Å²) in [5.41, 5.74) is 0.529. The highest BCUT2D eigenvalue weighted by atomic mass is 16.5. The number of nitrogens with zero attached hydrogens (tertiary/aromatic N) is 1. The summed E-state index contributed by atoms with van der Waals surface area (Å²) in [4.78, 5) is 13.9. The van der Waals surface area contributed by atoms with Crippen molar-refractivity contribution in [3.05, 3.63) is 5.21 Å². The molecule has 1 atom stereocenters. The lowest BCUT2D eigenvalue weighted by molar-refractivity contribution is -0.504. The second-order valence-corrected chi connectivity index (χ2v) is 7.84. The van der Waals surface area contributed by atoms with Crippen molar-refractivity contribution in [2.45, 2.75) is 103 Å². The third kappa shape index (κ3) is 16.8. The van der Waals surface area contributed by atoms with Crippen molar-refractivity contribution < 1.29 is 10.3 Å². The van der Waals surface area contributed by atoms with E-state index in [9.17, 15) is 10.0 Å². The molecule has 25 heavy (non-hydrogen) atoms. The van der Waals surface area contributed by atoms with Crippen LogP contribution in [-0.4, -0.2) is 31.4 Å². The molecule has 0 fully saturated rings. The Morgan fingerprint density at radius 2 is 1.24 bits per heavy atom. The van der Waals surface area contributed by atoms with Gasteiger partial charge in [-0.3, -0.25) is 0 Å². The molecule has 4 heteroatoms. The first-order valence-corrected chi connectivity index (χ1v) is 10.8. The number of carbonyl (C=O) groups is 1. The van der Waals surface area contributed by atoms with E-state index in [1.165, 1.54) is 70.6 Å². The average Bonchev–Trinajstić information content (AvgIpc) is 2.60. The van der Waals surface area contributed by atoms with Gasteiger partial charge in [0.2, 0.25) is 0 Å². The zero-order valence-electron chi connectivity index (χ0n) is 17.2. The Morgan fingerprint density at radius 3 is 1.68 bits per heavy atom. The normalized spacial score (nSPS) is 12.7. The highest BCUT2D eigenvalue weighted by molar-refractivity contribution is 5.68. The average molecular weight is 357 g/mol. The van der Waals surface area contributed by atoms with Crippen molar-refractivity contribution in [3.8, 4) is 0 Å². The van der Waals surface area contributed by atoms with Crippen LogP contribution in [0.3, 0.4) is 0 Å². The smallest absolute Gasteiger partial charge is 0.313 e. The van der Waals surface area contributed by atoms with Crippen molar-refractivity contribution in [2.75, 3.05) is 20.6 Å². The fraction of sp³-hybridized carbons (Fsp3) is 0.952. The molecule has 1 unspecified atom stereocenters. The Bertz CT molecular complexity index is 296. The first-order chi connectivity index (χ1) is 12.1. The van der Waals surface area contributed by atoms with E-state index in [0.29, 0.717) is 5.48 Å². The molecular formula is C21H44N2O2. The molecule has 0 aliphatic carbocycles. The lowest BCUT2D eigenvalue weighted by Crippen LogP contribution is -2.83. The number of hydrogen-bond donors (Lipinski definition) is 1. The van der Waals surface area contributed by atoms with Gasteiger partial charge < -0.3 is 15.6 Å². The fourth-order valence-corrected chi connectivity index (χ4v) is 3.41. The second kappa shape index (κ2) is 18.3. The van der Waals surface area contributed by atoms with E-state index in [-0.39, 0.29) is 11.8 Å². The second-order valence-electron chi connectivity index (χ2n) is 7.84. The Morgan fingerprint density at radius 1 is 0.800 bits per heavy atom. The van der Waals surface area contributed by atoms with Gasteiger partial charge in [0, 0.05) is 0 Å². The van der Waals surface area contributed by atoms with Gasteiger partial charge in [-0.15, -0.1) is 0 Å². The topological polar surface area (TPSA) is 60.0 Å². The van der Waals surface area contributed by atoms with Crippen LogP contribution >= 0.6 is 0 Å². The molecule has 0 aliphatic rings. The van der Waals surface area contributed by atoms with Gasteiger partial charge in [-0.05, 0) is 39.9 Å². The summed E-state index contributed by atoms with van der Waals surface area (Å²) in [7, 11) is 4.09. The number of rotatable bonds is 18. The van der Waals surface area contributed by atoms with E-state index in [2.05, 4.69) is 11.8 Å². The first kappa shape index (κ1) is 24.6. The molecule has 0 saturated carbocycles. The fourth-order valence-electron chi connectivity index (χ4n) is 3.41. The largest absolute Gasteiger partial charge is 0.628 e. The maximum absolute atomic E-state index is 11.7. The molecule has 1 amide bonds. The molecule has 0 radical (unpaired) electrons. The molecule has 0 spiro atoms. The molecule has 4 nitrogen and oxygen atoms in total. The Balaban J connectivity index is 3.53. The SMILES string of the molecule is CCCCCCCCCCCCCCC(CCCN(C)C)C(=O)[NH2+][O-]. The van der Waals surface area contributed by atoms with Gasteiger partial charge in [-0.25, -0.2) is 4.79 Å². The number of nitrogens with two attached hydrogens (primary N) is 1. The summed E-state index contributed by atoms with van der Waals surface area (Å²) in [5.74, 6) is -0.234. The molecule has 0 aromatic rings. The van der Waals surface area contributed by atoms with Crippen LogP contribution in [0.15, 0.2) is 0 Å². The summed E-state index contributed by atoms with van der Waals surface area (Å²) in [6.45, 7) is 3.25. The zero-order chi connectivity index (χ0) is 18.8. The molecule has 0 bridgehead atoms. The number of hydrogen-bond acceptors (Lipinski definition) is 3. The molecule has 0 rings (SSSR count). The molecule has 0 aromatic carbocycles. The highest BCUT2D eigenvalue weighted by Crippen LogP contribution is 2.17. The third-order valence-electron chi connectivity index (χ3n) is 5.08. The van der Waals surface area contributed by atoms with Crippen molar-refractivity contribution in [2.24, 2.45) is 5.92 Å². The molecule has 2 N–H and O–H groups in total. The van der Waals surface area contributed by atoms with Gasteiger partial charge in [0.1, 0.15) is 0 Å². The minimum atomic E-state index is -0.193. The number of quaternary nitrogens is 1. The van der Waals surface area contributed by atoms with Crippen LogP contribution < -0.4 is 5.48 Å². The number of carbonyl (C=O) groups excluding carboxylic acids is 1. The predicted octanol–water partition coefficient (Wildman–Crippen LogP) is 4.62. The van der Waals surface area contributed by atoms with Crippen molar-refractivity contribution in [1.82, 2.24) is 4.90 Å². The van der Waals surface area contributed by atoms with Crippen LogP contribution in [0.2, 0.25) is 0 Å². The Labute approximate surface area is 156 Å². The summed E-state index contributed by atoms with van der Waals surface area (Å²) >= 11 is 0. The standard InChI is InChI=1S/C21H44N2O2/c1-4-5-6-7-8-9-10-11-12-13-14-15-17-20(21(24)22-25)18-16-19-23(2)3/h20H,4-19,22H2,1-3H3. The van der Waals surface area contributed by atoms with Gasteiger partial charge in [0.15, 0.2) is 0 Å². The zero-order valence-corrected chi connectivity index (χ0v) is 17.2. The van der Waals surface area contributed by atoms with E-state index >= 15 is 0 Å². The molecule has 0 heterocycles. The van der Waals surface area contributed by atoms with Crippen LogP contribution in [0.4, 0.5) is 0 Å². The van der Waals surface area contributed by atoms with E-state index in [4.69, 9.17) is 0 Å². The summed E-state index contributed by atoms with van der Waals surface area (Å²) in [6.07, 6.45) is 18.7. The van der Waals surface area contributed by atoms with E-state index in [1.54, 1.807) is 0 Å². The van der Waals surface area contributed by atoms with Crippen LogP contribution in [0, 0.1) is 11.1 Å². The molecular weight excluding hydrogens is 312 g/mol. The maximum Gasteiger partial charge on any atom is 0.313 e. The highest BCUT2D eigenvalue weighted by Gasteiger charge is 2.19. The monoisotopic (exact) mass is 356 g/mol. The van der Waals surface area contributed by atoms with Gasteiger partial charge in [0.25, 0.3) is 0 Å². The lowest BCUT2D eigenvalue weighted by Gasteiger charge is -2.16.